The molecule has 0 spiro atoms. The molecule has 12 heteroatoms. The SMILES string of the molecule is CC(C)S(=O)(=O)NCCCCC(=O)Nc1nnc(C(F)(F)F)s1. The van der Waals surface area contributed by atoms with Crippen molar-refractivity contribution in [2.75, 3.05) is 11.9 Å². The molecule has 0 aliphatic rings. The zero-order valence-electron chi connectivity index (χ0n) is 12.5. The Morgan fingerprint density at radius 1 is 1.26 bits per heavy atom. The van der Waals surface area contributed by atoms with Gasteiger partial charge in [-0.1, -0.05) is 11.3 Å². The van der Waals surface area contributed by atoms with Gasteiger partial charge in [0.1, 0.15) is 0 Å². The first-order valence-corrected chi connectivity index (χ1v) is 9.07. The molecule has 0 saturated carbocycles. The zero-order valence-corrected chi connectivity index (χ0v) is 14.1. The standard InChI is InChI=1S/C11H17F3N4O3S2/c1-7(2)23(20,21)15-6-4-3-5-8(19)16-10-18-17-9(22-10)11(12,13)14/h7,15H,3-6H2,1-2H3,(H,16,18,19). The summed E-state index contributed by atoms with van der Waals surface area (Å²) in [5, 5.41) is 6.53. The average molecular weight is 374 g/mol. The molecule has 0 fully saturated rings. The second-order valence-electron chi connectivity index (χ2n) is 4.90. The third-order valence-electron chi connectivity index (χ3n) is 2.67. The number of carbonyl (C=O) groups excluding carboxylic acids is 1. The monoisotopic (exact) mass is 374 g/mol. The number of unbranched alkanes of at least 4 members (excludes halogenated alkanes) is 1. The highest BCUT2D eigenvalue weighted by molar-refractivity contribution is 7.90. The highest BCUT2D eigenvalue weighted by Gasteiger charge is 2.35. The minimum absolute atomic E-state index is 0.0460. The molecule has 1 heterocycles. The first-order valence-electron chi connectivity index (χ1n) is 6.71. The van der Waals surface area contributed by atoms with Gasteiger partial charge in [-0.3, -0.25) is 4.79 Å². The van der Waals surface area contributed by atoms with Gasteiger partial charge in [0.05, 0.1) is 5.25 Å². The van der Waals surface area contributed by atoms with Gasteiger partial charge >= 0.3 is 6.18 Å². The third-order valence-corrected chi connectivity index (χ3v) is 5.40. The van der Waals surface area contributed by atoms with Crippen LogP contribution >= 0.6 is 11.3 Å². The molecule has 1 rings (SSSR count). The predicted molar refractivity (Wildman–Crippen MR) is 79.5 cm³/mol. The topological polar surface area (TPSA) is 101 Å². The lowest BCUT2D eigenvalue weighted by Gasteiger charge is -2.08. The molecular weight excluding hydrogens is 357 g/mol. The minimum atomic E-state index is -4.59. The Balaban J connectivity index is 2.29. The van der Waals surface area contributed by atoms with Crippen LogP contribution in [0, 0.1) is 0 Å². The Morgan fingerprint density at radius 3 is 2.43 bits per heavy atom. The smallest absolute Gasteiger partial charge is 0.301 e. The third kappa shape index (κ3) is 6.79. The molecule has 132 valence electrons. The van der Waals surface area contributed by atoms with Crippen molar-refractivity contribution in [3.05, 3.63) is 5.01 Å². The molecule has 0 saturated heterocycles. The molecule has 23 heavy (non-hydrogen) atoms. The molecule has 0 radical (unpaired) electrons. The first-order chi connectivity index (χ1) is 10.5. The summed E-state index contributed by atoms with van der Waals surface area (Å²) < 4.78 is 62.3. The molecule has 0 aromatic carbocycles. The Labute approximate surface area is 135 Å². The van der Waals surface area contributed by atoms with E-state index in [4.69, 9.17) is 0 Å². The fraction of sp³-hybridized carbons (Fsp3) is 0.727. The van der Waals surface area contributed by atoms with Crippen molar-refractivity contribution in [3.63, 3.8) is 0 Å². The van der Waals surface area contributed by atoms with Crippen molar-refractivity contribution in [2.24, 2.45) is 0 Å². The van der Waals surface area contributed by atoms with E-state index >= 15 is 0 Å². The number of amides is 1. The van der Waals surface area contributed by atoms with E-state index in [1.165, 1.54) is 0 Å². The van der Waals surface area contributed by atoms with Crippen LogP contribution in [0.4, 0.5) is 18.3 Å². The van der Waals surface area contributed by atoms with Crippen LogP contribution in [-0.4, -0.2) is 36.3 Å². The number of aromatic nitrogens is 2. The second-order valence-corrected chi connectivity index (χ2v) is 8.20. The van der Waals surface area contributed by atoms with E-state index in [1.54, 1.807) is 13.8 Å². The highest BCUT2D eigenvalue weighted by Crippen LogP contribution is 2.32. The van der Waals surface area contributed by atoms with Crippen molar-refractivity contribution < 1.29 is 26.4 Å². The number of alkyl halides is 3. The molecular formula is C11H17F3N4O3S2. The number of hydrogen-bond acceptors (Lipinski definition) is 6. The van der Waals surface area contributed by atoms with Gasteiger partial charge < -0.3 is 5.32 Å². The number of halogens is 3. The Kier molecular flexibility index (Phi) is 6.89. The van der Waals surface area contributed by atoms with Crippen molar-refractivity contribution in [1.82, 2.24) is 14.9 Å². The van der Waals surface area contributed by atoms with Crippen LogP contribution in [0.2, 0.25) is 0 Å². The summed E-state index contributed by atoms with van der Waals surface area (Å²) in [5.74, 6) is -0.499. The van der Waals surface area contributed by atoms with Crippen LogP contribution in [0.25, 0.3) is 0 Å². The summed E-state index contributed by atoms with van der Waals surface area (Å²) in [7, 11) is -3.33. The van der Waals surface area contributed by atoms with E-state index in [-0.39, 0.29) is 29.4 Å². The molecule has 1 aromatic heterocycles. The van der Waals surface area contributed by atoms with Gasteiger partial charge in [-0.2, -0.15) is 13.2 Å². The quantitative estimate of drug-likeness (QED) is 0.678. The second kappa shape index (κ2) is 8.02. The van der Waals surface area contributed by atoms with Crippen LogP contribution in [0.15, 0.2) is 0 Å². The summed E-state index contributed by atoms with van der Waals surface area (Å²) in [6, 6.07) is 0. The van der Waals surface area contributed by atoms with E-state index in [2.05, 4.69) is 20.2 Å². The predicted octanol–water partition coefficient (Wildman–Crippen LogP) is 1.99. The number of rotatable bonds is 8. The van der Waals surface area contributed by atoms with E-state index in [0.29, 0.717) is 12.8 Å². The Hall–Kier alpha value is -1.27. The highest BCUT2D eigenvalue weighted by atomic mass is 32.2. The molecule has 0 aliphatic carbocycles. The summed E-state index contributed by atoms with van der Waals surface area (Å²) in [5.41, 5.74) is 0. The van der Waals surface area contributed by atoms with E-state index in [1.807, 2.05) is 0 Å². The maximum atomic E-state index is 12.3. The van der Waals surface area contributed by atoms with Crippen LogP contribution in [-0.2, 0) is 21.0 Å². The maximum Gasteiger partial charge on any atom is 0.445 e. The molecule has 0 bridgehead atoms. The normalized spacial score (nSPS) is 12.6. The van der Waals surface area contributed by atoms with Crippen molar-refractivity contribution >= 4 is 32.4 Å². The van der Waals surface area contributed by atoms with Gasteiger partial charge in [0, 0.05) is 13.0 Å². The number of nitrogens with one attached hydrogen (secondary N) is 2. The average Bonchev–Trinajstić information content (AvgIpc) is 2.86. The van der Waals surface area contributed by atoms with E-state index in [9.17, 15) is 26.4 Å². The van der Waals surface area contributed by atoms with Crippen LogP contribution in [0.3, 0.4) is 0 Å². The van der Waals surface area contributed by atoms with Crippen molar-refractivity contribution in [2.45, 2.75) is 44.5 Å². The van der Waals surface area contributed by atoms with Crippen molar-refractivity contribution in [3.8, 4) is 0 Å². The van der Waals surface area contributed by atoms with Gasteiger partial charge in [0.15, 0.2) is 0 Å². The molecule has 0 aliphatic heterocycles. The molecule has 1 aromatic rings. The maximum absolute atomic E-state index is 12.3. The Bertz CT molecular complexity index is 629. The molecule has 2 N–H and O–H groups in total. The zero-order chi connectivity index (χ0) is 17.7. The summed E-state index contributed by atoms with van der Waals surface area (Å²) in [6.07, 6.45) is -3.72. The molecule has 7 nitrogen and oxygen atoms in total. The van der Waals surface area contributed by atoms with Gasteiger partial charge in [0.2, 0.25) is 26.1 Å². The van der Waals surface area contributed by atoms with Crippen molar-refractivity contribution in [1.29, 1.82) is 0 Å². The molecule has 0 unspecified atom stereocenters. The summed E-state index contributed by atoms with van der Waals surface area (Å²) in [6.45, 7) is 3.30. The Morgan fingerprint density at radius 2 is 1.91 bits per heavy atom. The fourth-order valence-electron chi connectivity index (χ4n) is 1.36. The lowest BCUT2D eigenvalue weighted by atomic mass is 10.2. The first kappa shape index (κ1) is 19.8. The van der Waals surface area contributed by atoms with Gasteiger partial charge in [-0.15, -0.1) is 10.2 Å². The number of nitrogens with zero attached hydrogens (tertiary/aromatic N) is 2. The van der Waals surface area contributed by atoms with Crippen LogP contribution in [0.1, 0.15) is 38.1 Å². The lowest BCUT2D eigenvalue weighted by Crippen LogP contribution is -2.31. The van der Waals surface area contributed by atoms with E-state index < -0.39 is 32.4 Å². The summed E-state index contributed by atoms with van der Waals surface area (Å²) >= 11 is 0.248. The largest absolute Gasteiger partial charge is 0.445 e. The number of hydrogen-bond donors (Lipinski definition) is 2. The number of anilines is 1. The van der Waals surface area contributed by atoms with Gasteiger partial charge in [-0.05, 0) is 26.7 Å². The minimum Gasteiger partial charge on any atom is -0.301 e. The van der Waals surface area contributed by atoms with Crippen LogP contribution < -0.4 is 10.0 Å². The lowest BCUT2D eigenvalue weighted by molar-refractivity contribution is -0.138. The number of carbonyl (C=O) groups is 1. The molecule has 0 atom stereocenters. The van der Waals surface area contributed by atoms with Gasteiger partial charge in [0.25, 0.3) is 0 Å². The molecule has 1 amide bonds. The van der Waals surface area contributed by atoms with E-state index in [0.717, 1.165) is 0 Å². The number of sulfonamides is 1. The fourth-order valence-corrected chi connectivity index (χ4v) is 2.75. The van der Waals surface area contributed by atoms with Crippen LogP contribution in [0.5, 0.6) is 0 Å². The summed E-state index contributed by atoms with van der Waals surface area (Å²) in [4.78, 5) is 11.5. The van der Waals surface area contributed by atoms with Gasteiger partial charge in [-0.25, -0.2) is 13.1 Å².